The summed E-state index contributed by atoms with van der Waals surface area (Å²) < 4.78 is 27.3. The molecule has 1 aromatic carbocycles. The second kappa shape index (κ2) is 6.64. The maximum absolute atomic E-state index is 12.4. The maximum Gasteiger partial charge on any atom is 0.242 e. The Morgan fingerprint density at radius 1 is 1.19 bits per heavy atom. The minimum absolute atomic E-state index is 0.0121. The number of nitrogens with two attached hydrogens (primary N) is 1. The highest BCUT2D eigenvalue weighted by atomic mass is 35.5. The summed E-state index contributed by atoms with van der Waals surface area (Å²) in [5.74, 6) is 0. The number of benzene rings is 1. The van der Waals surface area contributed by atoms with Gasteiger partial charge in [0.25, 0.3) is 0 Å². The zero-order valence-electron chi connectivity index (χ0n) is 11.2. The number of hydrogen-bond donors (Lipinski definition) is 2. The van der Waals surface area contributed by atoms with Gasteiger partial charge in [0.2, 0.25) is 10.0 Å². The molecule has 2 aromatic rings. The highest BCUT2D eigenvalue weighted by Gasteiger charge is 2.20. The van der Waals surface area contributed by atoms with Crippen LogP contribution >= 0.6 is 34.5 Å². The van der Waals surface area contributed by atoms with Crippen molar-refractivity contribution >= 4 is 44.6 Å². The highest BCUT2D eigenvalue weighted by molar-refractivity contribution is 7.89. The smallest absolute Gasteiger partial charge is 0.242 e. The minimum Gasteiger partial charge on any atom is -0.326 e. The molecule has 4 nitrogen and oxygen atoms in total. The molecule has 0 aliphatic heterocycles. The molecule has 3 N–H and O–H groups in total. The van der Waals surface area contributed by atoms with Crippen molar-refractivity contribution in [3.8, 4) is 0 Å². The molecule has 0 radical (unpaired) electrons. The summed E-state index contributed by atoms with van der Waals surface area (Å²) >= 11 is 13.5. The summed E-state index contributed by atoms with van der Waals surface area (Å²) in [6.07, 6.45) is 0. The number of halogens is 2. The zero-order valence-corrected chi connectivity index (χ0v) is 14.3. The van der Waals surface area contributed by atoms with E-state index in [1.54, 1.807) is 0 Å². The molecule has 1 heterocycles. The Labute approximate surface area is 137 Å². The van der Waals surface area contributed by atoms with Crippen LogP contribution < -0.4 is 10.5 Å². The molecular weight excluding hydrogens is 351 g/mol. The van der Waals surface area contributed by atoms with Crippen molar-refractivity contribution in [2.24, 2.45) is 5.73 Å². The Morgan fingerprint density at radius 2 is 1.90 bits per heavy atom. The van der Waals surface area contributed by atoms with Gasteiger partial charge in [-0.25, -0.2) is 13.1 Å². The molecule has 0 spiro atoms. The van der Waals surface area contributed by atoms with Gasteiger partial charge in [0.1, 0.15) is 4.90 Å². The lowest BCUT2D eigenvalue weighted by Crippen LogP contribution is -2.24. The van der Waals surface area contributed by atoms with Crippen LogP contribution in [0.4, 0.5) is 0 Å². The highest BCUT2D eigenvalue weighted by Crippen LogP contribution is 2.28. The Kier molecular flexibility index (Phi) is 5.29. The van der Waals surface area contributed by atoms with E-state index in [4.69, 9.17) is 28.9 Å². The first-order valence-corrected chi connectivity index (χ1v) is 9.22. The summed E-state index contributed by atoms with van der Waals surface area (Å²) in [6.45, 7) is 2.29. The first-order chi connectivity index (χ1) is 9.85. The second-order valence-electron chi connectivity index (χ2n) is 4.48. The van der Waals surface area contributed by atoms with Gasteiger partial charge in [0, 0.05) is 18.1 Å². The van der Waals surface area contributed by atoms with Crippen molar-refractivity contribution in [3.05, 3.63) is 49.6 Å². The molecule has 1 aromatic heterocycles. The van der Waals surface area contributed by atoms with Gasteiger partial charge in [0.05, 0.1) is 5.02 Å². The molecule has 0 fully saturated rings. The molecule has 0 aliphatic carbocycles. The zero-order chi connectivity index (χ0) is 15.6. The SMILES string of the molecule is Cc1cscc1CNS(=O)(=O)c1cc(CN)c(Cl)cc1Cl. The summed E-state index contributed by atoms with van der Waals surface area (Å²) in [4.78, 5) is -0.0121. The van der Waals surface area contributed by atoms with Crippen LogP contribution in [-0.2, 0) is 23.1 Å². The van der Waals surface area contributed by atoms with Crippen LogP contribution in [0.5, 0.6) is 0 Å². The molecule has 0 amide bonds. The van der Waals surface area contributed by atoms with Gasteiger partial charge in [-0.3, -0.25) is 0 Å². The van der Waals surface area contributed by atoms with Gasteiger partial charge in [0.15, 0.2) is 0 Å². The van der Waals surface area contributed by atoms with Crippen LogP contribution in [0.2, 0.25) is 10.0 Å². The third-order valence-corrected chi connectivity index (χ3v) is 6.15. The molecule has 0 unspecified atom stereocenters. The fourth-order valence-electron chi connectivity index (χ4n) is 1.75. The predicted octanol–water partition coefficient (Wildman–Crippen LogP) is 3.30. The van der Waals surface area contributed by atoms with Crippen molar-refractivity contribution in [1.82, 2.24) is 4.72 Å². The Balaban J connectivity index is 2.29. The standard InChI is InChI=1S/C13H14Cl2N2O2S2/c1-8-6-20-7-10(8)5-17-21(18,19)13-2-9(4-16)11(14)3-12(13)15/h2-3,6-7,17H,4-5,16H2,1H3. The van der Waals surface area contributed by atoms with Crippen LogP contribution in [0.3, 0.4) is 0 Å². The van der Waals surface area contributed by atoms with E-state index in [2.05, 4.69) is 4.72 Å². The Morgan fingerprint density at radius 3 is 2.48 bits per heavy atom. The molecule has 114 valence electrons. The van der Waals surface area contributed by atoms with Crippen molar-refractivity contribution in [1.29, 1.82) is 0 Å². The van der Waals surface area contributed by atoms with Crippen LogP contribution in [0.15, 0.2) is 27.8 Å². The van der Waals surface area contributed by atoms with Crippen molar-refractivity contribution in [2.45, 2.75) is 24.9 Å². The van der Waals surface area contributed by atoms with E-state index >= 15 is 0 Å². The van der Waals surface area contributed by atoms with Gasteiger partial charge in [-0.2, -0.15) is 11.3 Å². The second-order valence-corrected chi connectivity index (χ2v) is 7.78. The average molecular weight is 365 g/mol. The Bertz CT molecular complexity index is 758. The van der Waals surface area contributed by atoms with E-state index in [1.807, 2.05) is 17.7 Å². The lowest BCUT2D eigenvalue weighted by Gasteiger charge is -2.11. The van der Waals surface area contributed by atoms with Gasteiger partial charge in [-0.1, -0.05) is 23.2 Å². The fourth-order valence-corrected chi connectivity index (χ4v) is 4.49. The molecule has 0 bridgehead atoms. The first-order valence-electron chi connectivity index (χ1n) is 6.04. The fraction of sp³-hybridized carbons (Fsp3) is 0.231. The lowest BCUT2D eigenvalue weighted by atomic mass is 10.2. The molecule has 0 saturated heterocycles. The molecule has 0 aliphatic rings. The summed E-state index contributed by atoms with van der Waals surface area (Å²) in [6, 6.07) is 2.81. The van der Waals surface area contributed by atoms with Crippen LogP contribution in [0.25, 0.3) is 0 Å². The van der Waals surface area contributed by atoms with E-state index in [-0.39, 0.29) is 23.0 Å². The topological polar surface area (TPSA) is 72.2 Å². The summed E-state index contributed by atoms with van der Waals surface area (Å²) in [7, 11) is -3.72. The number of aryl methyl sites for hydroxylation is 1. The van der Waals surface area contributed by atoms with Crippen molar-refractivity contribution < 1.29 is 8.42 Å². The summed E-state index contributed by atoms with van der Waals surface area (Å²) in [5, 5.41) is 4.31. The van der Waals surface area contributed by atoms with E-state index < -0.39 is 10.0 Å². The van der Waals surface area contributed by atoms with Gasteiger partial charge in [-0.15, -0.1) is 0 Å². The Hall–Kier alpha value is -0.630. The quantitative estimate of drug-likeness (QED) is 0.854. The first kappa shape index (κ1) is 16.7. The lowest BCUT2D eigenvalue weighted by molar-refractivity contribution is 0.581. The predicted molar refractivity (Wildman–Crippen MR) is 87.4 cm³/mol. The minimum atomic E-state index is -3.72. The number of nitrogens with one attached hydrogen (secondary N) is 1. The van der Waals surface area contributed by atoms with Crippen LogP contribution in [-0.4, -0.2) is 8.42 Å². The largest absolute Gasteiger partial charge is 0.326 e. The molecule has 0 saturated carbocycles. The van der Waals surface area contributed by atoms with Crippen molar-refractivity contribution in [3.63, 3.8) is 0 Å². The third-order valence-electron chi connectivity index (χ3n) is 3.02. The molecule has 0 atom stereocenters. The van der Waals surface area contributed by atoms with Crippen LogP contribution in [0.1, 0.15) is 16.7 Å². The molecular formula is C13H14Cl2N2O2S2. The van der Waals surface area contributed by atoms with Gasteiger partial charge < -0.3 is 5.73 Å². The van der Waals surface area contributed by atoms with Crippen LogP contribution in [0, 0.1) is 6.92 Å². The van der Waals surface area contributed by atoms with Gasteiger partial charge >= 0.3 is 0 Å². The summed E-state index contributed by atoms with van der Waals surface area (Å²) in [5.41, 5.74) is 8.06. The molecule has 2 rings (SSSR count). The third kappa shape index (κ3) is 3.77. The molecule has 21 heavy (non-hydrogen) atoms. The molecule has 8 heteroatoms. The number of sulfonamides is 1. The number of rotatable bonds is 5. The van der Waals surface area contributed by atoms with E-state index in [1.165, 1.54) is 23.5 Å². The van der Waals surface area contributed by atoms with Gasteiger partial charge in [-0.05, 0) is 46.5 Å². The van der Waals surface area contributed by atoms with E-state index in [0.29, 0.717) is 10.6 Å². The monoisotopic (exact) mass is 364 g/mol. The average Bonchev–Trinajstić information content (AvgIpc) is 2.82. The van der Waals surface area contributed by atoms with E-state index in [0.717, 1.165) is 11.1 Å². The van der Waals surface area contributed by atoms with Crippen molar-refractivity contribution in [2.75, 3.05) is 0 Å². The maximum atomic E-state index is 12.4. The number of thiophene rings is 1. The number of hydrogen-bond acceptors (Lipinski definition) is 4. The van der Waals surface area contributed by atoms with E-state index in [9.17, 15) is 8.42 Å². The normalized spacial score (nSPS) is 11.8.